The second kappa shape index (κ2) is 11.9. The molecular formula is C50H32N2S. The van der Waals surface area contributed by atoms with Gasteiger partial charge in [-0.2, -0.15) is 0 Å². The Bertz CT molecular complexity index is 3100. The summed E-state index contributed by atoms with van der Waals surface area (Å²) in [5.41, 5.74) is 9.40. The van der Waals surface area contributed by atoms with Crippen LogP contribution in [0.15, 0.2) is 194 Å². The third-order valence-electron chi connectivity index (χ3n) is 10.8. The standard InChI is InChI=1S/C50H32N2S/c1-3-12-37(13-4-1)51(38-14-5-2-6-15-38)39-26-21-33(22-27-39)34-23-28-40(29-24-34)52-44-18-10-9-17-42(44)48-45(52)31-30-43-49-46(53-50(43)48)32-25-36-20-19-35-11-7-8-16-41(35)47(36)49/h1-32H. The Kier molecular flexibility index (Phi) is 6.76. The fourth-order valence-corrected chi connectivity index (χ4v) is 9.62. The molecule has 11 aromatic rings. The van der Waals surface area contributed by atoms with Crippen LogP contribution in [-0.4, -0.2) is 4.57 Å². The van der Waals surface area contributed by atoms with Crippen LogP contribution in [0.3, 0.4) is 0 Å². The van der Waals surface area contributed by atoms with Gasteiger partial charge in [0, 0.05) is 53.7 Å². The smallest absolute Gasteiger partial charge is 0.0555 e. The largest absolute Gasteiger partial charge is 0.311 e. The maximum Gasteiger partial charge on any atom is 0.0555 e. The number of nitrogens with zero attached hydrogens (tertiary/aromatic N) is 2. The van der Waals surface area contributed by atoms with E-state index in [1.165, 1.54) is 74.6 Å². The van der Waals surface area contributed by atoms with E-state index in [1.807, 2.05) is 11.3 Å². The van der Waals surface area contributed by atoms with Crippen LogP contribution in [0.25, 0.3) is 80.3 Å². The van der Waals surface area contributed by atoms with Crippen molar-refractivity contribution in [2.45, 2.75) is 0 Å². The summed E-state index contributed by atoms with van der Waals surface area (Å²) in [6.07, 6.45) is 0. The van der Waals surface area contributed by atoms with E-state index in [0.717, 1.165) is 22.7 Å². The number of anilines is 3. The Hall–Kier alpha value is -6.68. The van der Waals surface area contributed by atoms with Gasteiger partial charge in [0.25, 0.3) is 0 Å². The highest BCUT2D eigenvalue weighted by molar-refractivity contribution is 7.27. The second-order valence-corrected chi connectivity index (χ2v) is 14.8. The van der Waals surface area contributed by atoms with Gasteiger partial charge in [-0.05, 0) is 99.4 Å². The summed E-state index contributed by atoms with van der Waals surface area (Å²) in [4.78, 5) is 2.30. The van der Waals surface area contributed by atoms with E-state index >= 15 is 0 Å². The van der Waals surface area contributed by atoms with Gasteiger partial charge in [-0.25, -0.2) is 0 Å². The monoisotopic (exact) mass is 692 g/mol. The second-order valence-electron chi connectivity index (χ2n) is 13.7. The van der Waals surface area contributed by atoms with Gasteiger partial charge in [0.05, 0.1) is 11.0 Å². The van der Waals surface area contributed by atoms with Crippen molar-refractivity contribution in [3.05, 3.63) is 194 Å². The molecule has 2 nitrogen and oxygen atoms in total. The molecule has 2 heterocycles. The lowest BCUT2D eigenvalue weighted by Crippen LogP contribution is -2.09. The van der Waals surface area contributed by atoms with Crippen molar-refractivity contribution in [3.8, 4) is 16.8 Å². The van der Waals surface area contributed by atoms with E-state index in [0.29, 0.717) is 0 Å². The van der Waals surface area contributed by atoms with Crippen molar-refractivity contribution in [1.82, 2.24) is 4.57 Å². The molecule has 0 N–H and O–H groups in total. The lowest BCUT2D eigenvalue weighted by Gasteiger charge is -2.25. The summed E-state index contributed by atoms with van der Waals surface area (Å²) in [5.74, 6) is 0. The van der Waals surface area contributed by atoms with E-state index in [9.17, 15) is 0 Å². The molecule has 0 atom stereocenters. The Morgan fingerprint density at radius 3 is 1.68 bits per heavy atom. The number of thiophene rings is 1. The Balaban J connectivity index is 1.02. The van der Waals surface area contributed by atoms with Crippen LogP contribution in [0.2, 0.25) is 0 Å². The zero-order valence-corrected chi connectivity index (χ0v) is 29.6. The first-order chi connectivity index (χ1) is 26.3. The molecule has 0 aliphatic rings. The number of hydrogen-bond donors (Lipinski definition) is 0. The van der Waals surface area contributed by atoms with Crippen molar-refractivity contribution >= 4 is 91.9 Å². The first-order valence-corrected chi connectivity index (χ1v) is 18.9. The highest BCUT2D eigenvalue weighted by atomic mass is 32.1. The molecule has 0 amide bonds. The summed E-state index contributed by atoms with van der Waals surface area (Å²) in [7, 11) is 0. The third-order valence-corrected chi connectivity index (χ3v) is 11.9. The van der Waals surface area contributed by atoms with Crippen LogP contribution in [-0.2, 0) is 0 Å². The molecule has 0 aliphatic carbocycles. The zero-order valence-electron chi connectivity index (χ0n) is 28.8. The maximum atomic E-state index is 2.44. The SMILES string of the molecule is c1ccc(N(c2ccccc2)c2ccc(-c3ccc(-n4c5ccccc5c5c6sc7ccc8ccc9ccccc9c8c7c6ccc54)cc3)cc2)cc1. The molecular weight excluding hydrogens is 661 g/mol. The van der Waals surface area contributed by atoms with Crippen molar-refractivity contribution in [1.29, 1.82) is 0 Å². The van der Waals surface area contributed by atoms with Gasteiger partial charge < -0.3 is 9.47 Å². The van der Waals surface area contributed by atoms with Crippen LogP contribution in [0, 0.1) is 0 Å². The van der Waals surface area contributed by atoms with E-state index in [2.05, 4.69) is 204 Å². The molecule has 0 saturated carbocycles. The maximum absolute atomic E-state index is 2.44. The predicted molar refractivity (Wildman–Crippen MR) is 229 cm³/mol. The van der Waals surface area contributed by atoms with Gasteiger partial charge in [-0.15, -0.1) is 11.3 Å². The molecule has 248 valence electrons. The molecule has 9 aromatic carbocycles. The van der Waals surface area contributed by atoms with E-state index < -0.39 is 0 Å². The Labute approximate surface area is 311 Å². The molecule has 0 saturated heterocycles. The van der Waals surface area contributed by atoms with E-state index in [-0.39, 0.29) is 0 Å². The fraction of sp³-hybridized carbons (Fsp3) is 0. The first kappa shape index (κ1) is 30.0. The van der Waals surface area contributed by atoms with Gasteiger partial charge >= 0.3 is 0 Å². The summed E-state index contributed by atoms with van der Waals surface area (Å²) in [6, 6.07) is 70.5. The summed E-state index contributed by atoms with van der Waals surface area (Å²) >= 11 is 1.92. The molecule has 0 radical (unpaired) electrons. The van der Waals surface area contributed by atoms with Gasteiger partial charge in [-0.3, -0.25) is 0 Å². The molecule has 0 aliphatic heterocycles. The molecule has 0 bridgehead atoms. The minimum Gasteiger partial charge on any atom is -0.311 e. The van der Waals surface area contributed by atoms with Crippen LogP contribution < -0.4 is 4.90 Å². The highest BCUT2D eigenvalue weighted by Gasteiger charge is 2.19. The Morgan fingerprint density at radius 1 is 0.358 bits per heavy atom. The van der Waals surface area contributed by atoms with Crippen molar-refractivity contribution < 1.29 is 0 Å². The van der Waals surface area contributed by atoms with Crippen LogP contribution in [0.1, 0.15) is 0 Å². The van der Waals surface area contributed by atoms with Gasteiger partial charge in [0.2, 0.25) is 0 Å². The molecule has 0 spiro atoms. The lowest BCUT2D eigenvalue weighted by molar-refractivity contribution is 1.18. The normalized spacial score (nSPS) is 11.8. The van der Waals surface area contributed by atoms with Crippen LogP contribution >= 0.6 is 11.3 Å². The number of rotatable bonds is 5. The predicted octanol–water partition coefficient (Wildman–Crippen LogP) is 14.6. The minimum absolute atomic E-state index is 1.13. The quantitative estimate of drug-likeness (QED) is 0.163. The highest BCUT2D eigenvalue weighted by Crippen LogP contribution is 2.46. The van der Waals surface area contributed by atoms with Gasteiger partial charge in [0.1, 0.15) is 0 Å². The minimum atomic E-state index is 1.13. The Morgan fingerprint density at radius 2 is 0.943 bits per heavy atom. The molecule has 53 heavy (non-hydrogen) atoms. The summed E-state index contributed by atoms with van der Waals surface area (Å²) in [5, 5.41) is 10.6. The molecule has 3 heteroatoms. The number of benzene rings is 9. The number of fused-ring (bicyclic) bond motifs is 11. The van der Waals surface area contributed by atoms with Crippen molar-refractivity contribution in [3.63, 3.8) is 0 Å². The first-order valence-electron chi connectivity index (χ1n) is 18.1. The van der Waals surface area contributed by atoms with Crippen molar-refractivity contribution in [2.75, 3.05) is 4.90 Å². The van der Waals surface area contributed by atoms with Gasteiger partial charge in [-0.1, -0.05) is 127 Å². The average Bonchev–Trinajstić information content (AvgIpc) is 3.78. The average molecular weight is 693 g/mol. The van der Waals surface area contributed by atoms with Gasteiger partial charge in [0.15, 0.2) is 0 Å². The number of aromatic nitrogens is 1. The van der Waals surface area contributed by atoms with E-state index in [1.54, 1.807) is 0 Å². The summed E-state index contributed by atoms with van der Waals surface area (Å²) < 4.78 is 5.12. The zero-order chi connectivity index (χ0) is 34.9. The number of para-hydroxylation sites is 3. The number of hydrogen-bond acceptors (Lipinski definition) is 2. The van der Waals surface area contributed by atoms with Crippen LogP contribution in [0.5, 0.6) is 0 Å². The van der Waals surface area contributed by atoms with Crippen LogP contribution in [0.4, 0.5) is 17.1 Å². The molecule has 11 rings (SSSR count). The molecule has 2 aromatic heterocycles. The van der Waals surface area contributed by atoms with Crippen molar-refractivity contribution in [2.24, 2.45) is 0 Å². The third kappa shape index (κ3) is 4.71. The molecule has 0 unspecified atom stereocenters. The lowest BCUT2D eigenvalue weighted by atomic mass is 9.97. The topological polar surface area (TPSA) is 8.17 Å². The molecule has 0 fully saturated rings. The fourth-order valence-electron chi connectivity index (χ4n) is 8.36. The van der Waals surface area contributed by atoms with E-state index in [4.69, 9.17) is 0 Å². The summed E-state index contributed by atoms with van der Waals surface area (Å²) in [6.45, 7) is 0.